The van der Waals surface area contributed by atoms with E-state index in [-0.39, 0.29) is 5.41 Å². The van der Waals surface area contributed by atoms with E-state index < -0.39 is 10.0 Å². The van der Waals surface area contributed by atoms with Gasteiger partial charge in [-0.1, -0.05) is 32.9 Å². The maximum absolute atomic E-state index is 11.0. The summed E-state index contributed by atoms with van der Waals surface area (Å²) in [5.74, 6) is 0.914. The molecule has 5 heteroatoms. The highest BCUT2D eigenvalue weighted by molar-refractivity contribution is 7.99. The summed E-state index contributed by atoms with van der Waals surface area (Å²) >= 11 is 1.79. The molecule has 0 aliphatic carbocycles. The van der Waals surface area contributed by atoms with Gasteiger partial charge in [-0.25, -0.2) is 13.1 Å². The third kappa shape index (κ3) is 6.29. The molecule has 0 radical (unpaired) electrons. The number of rotatable bonds is 6. The van der Waals surface area contributed by atoms with Gasteiger partial charge in [-0.15, -0.1) is 11.8 Å². The molecular formula is C15H25NO2S2. The van der Waals surface area contributed by atoms with Crippen LogP contribution < -0.4 is 4.72 Å². The molecule has 1 N–H and O–H groups in total. The van der Waals surface area contributed by atoms with Gasteiger partial charge in [0.05, 0.1) is 6.26 Å². The molecule has 0 aliphatic heterocycles. The van der Waals surface area contributed by atoms with Crippen molar-refractivity contribution in [1.29, 1.82) is 0 Å². The van der Waals surface area contributed by atoms with Crippen LogP contribution in [0.15, 0.2) is 23.1 Å². The second kappa shape index (κ2) is 6.96. The zero-order chi connectivity index (χ0) is 15.4. The molecule has 0 aromatic heterocycles. The first-order valence-corrected chi connectivity index (χ1v) is 9.66. The predicted octanol–water partition coefficient (Wildman–Crippen LogP) is 3.32. The Morgan fingerprint density at radius 3 is 2.45 bits per heavy atom. The molecule has 0 aliphatic rings. The number of benzene rings is 1. The van der Waals surface area contributed by atoms with Crippen molar-refractivity contribution >= 4 is 21.8 Å². The van der Waals surface area contributed by atoms with Crippen molar-refractivity contribution in [3.8, 4) is 0 Å². The Kier molecular flexibility index (Phi) is 6.10. The highest BCUT2D eigenvalue weighted by atomic mass is 32.2. The lowest BCUT2D eigenvalue weighted by Gasteiger charge is -2.20. The summed E-state index contributed by atoms with van der Waals surface area (Å²) in [5.41, 5.74) is 2.76. The fourth-order valence-corrected chi connectivity index (χ4v) is 3.26. The molecule has 3 nitrogen and oxygen atoms in total. The largest absolute Gasteiger partial charge is 0.215 e. The van der Waals surface area contributed by atoms with Gasteiger partial charge in [-0.2, -0.15) is 0 Å². The van der Waals surface area contributed by atoms with Crippen LogP contribution in [-0.4, -0.2) is 27.0 Å². The van der Waals surface area contributed by atoms with Crippen LogP contribution >= 0.6 is 11.8 Å². The number of thioether (sulfide) groups is 1. The Hall–Kier alpha value is -0.520. The highest BCUT2D eigenvalue weighted by Crippen LogP contribution is 2.29. The number of nitrogens with one attached hydrogen (secondary N) is 1. The fourth-order valence-electron chi connectivity index (χ4n) is 1.73. The zero-order valence-corrected chi connectivity index (χ0v) is 14.6. The first kappa shape index (κ1) is 17.5. The van der Waals surface area contributed by atoms with Crippen LogP contribution in [0.2, 0.25) is 0 Å². The van der Waals surface area contributed by atoms with Gasteiger partial charge in [0.25, 0.3) is 0 Å². The van der Waals surface area contributed by atoms with Gasteiger partial charge in [0, 0.05) is 11.4 Å². The standard InChI is InChI=1S/C15H25NO2S2/c1-12-7-8-13(15(2,3)4)11-14(12)19-10-6-9-16-20(5,17)18/h7-8,11,16H,6,9-10H2,1-5H3. The third-order valence-electron chi connectivity index (χ3n) is 3.00. The molecule has 0 heterocycles. The van der Waals surface area contributed by atoms with Crippen molar-refractivity contribution < 1.29 is 8.42 Å². The van der Waals surface area contributed by atoms with E-state index in [2.05, 4.69) is 50.6 Å². The lowest BCUT2D eigenvalue weighted by molar-refractivity contribution is 0.586. The molecule has 0 saturated heterocycles. The van der Waals surface area contributed by atoms with Crippen LogP contribution in [0, 0.1) is 6.92 Å². The van der Waals surface area contributed by atoms with Crippen LogP contribution in [0.5, 0.6) is 0 Å². The van der Waals surface area contributed by atoms with Crippen molar-refractivity contribution in [2.75, 3.05) is 18.6 Å². The van der Waals surface area contributed by atoms with Crippen molar-refractivity contribution in [3.63, 3.8) is 0 Å². The molecule has 0 bridgehead atoms. The summed E-state index contributed by atoms with van der Waals surface area (Å²) in [5, 5.41) is 0. The van der Waals surface area contributed by atoms with Crippen molar-refractivity contribution in [2.45, 2.75) is 44.4 Å². The minimum atomic E-state index is -3.06. The van der Waals surface area contributed by atoms with Gasteiger partial charge in [0.15, 0.2) is 0 Å². The number of sulfonamides is 1. The first-order valence-electron chi connectivity index (χ1n) is 6.78. The van der Waals surface area contributed by atoms with Gasteiger partial charge in [-0.05, 0) is 41.7 Å². The summed E-state index contributed by atoms with van der Waals surface area (Å²) in [7, 11) is -3.06. The Labute approximate surface area is 127 Å². The number of aryl methyl sites for hydroxylation is 1. The Morgan fingerprint density at radius 1 is 1.25 bits per heavy atom. The van der Waals surface area contributed by atoms with Crippen LogP contribution in [0.1, 0.15) is 38.3 Å². The smallest absolute Gasteiger partial charge is 0.208 e. The Bertz CT molecular complexity index is 545. The fraction of sp³-hybridized carbons (Fsp3) is 0.600. The maximum atomic E-state index is 11.0. The van der Waals surface area contributed by atoms with Crippen molar-refractivity contribution in [3.05, 3.63) is 29.3 Å². The van der Waals surface area contributed by atoms with Gasteiger partial charge in [0.2, 0.25) is 10.0 Å². The number of hydrogen-bond acceptors (Lipinski definition) is 3. The van der Waals surface area contributed by atoms with E-state index in [1.54, 1.807) is 11.8 Å². The minimum Gasteiger partial charge on any atom is -0.215 e. The highest BCUT2D eigenvalue weighted by Gasteiger charge is 2.14. The van der Waals surface area contributed by atoms with E-state index in [4.69, 9.17) is 0 Å². The molecule has 0 saturated carbocycles. The predicted molar refractivity (Wildman–Crippen MR) is 88.1 cm³/mol. The molecule has 0 amide bonds. The molecule has 114 valence electrons. The van der Waals surface area contributed by atoms with Crippen molar-refractivity contribution in [2.24, 2.45) is 0 Å². The van der Waals surface area contributed by atoms with E-state index in [0.29, 0.717) is 6.54 Å². The first-order chi connectivity index (χ1) is 9.09. The van der Waals surface area contributed by atoms with Gasteiger partial charge in [-0.3, -0.25) is 0 Å². The van der Waals surface area contributed by atoms with Gasteiger partial charge in [0.1, 0.15) is 0 Å². The molecule has 0 fully saturated rings. The topological polar surface area (TPSA) is 46.2 Å². The summed E-state index contributed by atoms with van der Waals surface area (Å²) in [4.78, 5) is 1.29. The van der Waals surface area contributed by atoms with E-state index in [0.717, 1.165) is 12.2 Å². The van der Waals surface area contributed by atoms with Crippen LogP contribution in [0.4, 0.5) is 0 Å². The molecule has 0 unspecified atom stereocenters. The summed E-state index contributed by atoms with van der Waals surface area (Å²) in [6.07, 6.45) is 2.02. The molecule has 1 aromatic carbocycles. The number of hydrogen-bond donors (Lipinski definition) is 1. The van der Waals surface area contributed by atoms with Gasteiger partial charge >= 0.3 is 0 Å². The lowest BCUT2D eigenvalue weighted by atomic mass is 9.87. The third-order valence-corrected chi connectivity index (χ3v) is 4.97. The van der Waals surface area contributed by atoms with Gasteiger partial charge < -0.3 is 0 Å². The van der Waals surface area contributed by atoms with Crippen LogP contribution in [0.3, 0.4) is 0 Å². The van der Waals surface area contributed by atoms with E-state index in [9.17, 15) is 8.42 Å². The molecular weight excluding hydrogens is 290 g/mol. The van der Waals surface area contributed by atoms with E-state index >= 15 is 0 Å². The summed E-state index contributed by atoms with van der Waals surface area (Å²) in [6, 6.07) is 6.60. The average molecular weight is 316 g/mol. The second-order valence-corrected chi connectivity index (χ2v) is 9.07. The molecule has 20 heavy (non-hydrogen) atoms. The van der Waals surface area contributed by atoms with E-state index in [1.807, 2.05) is 0 Å². The normalized spacial score (nSPS) is 12.7. The van der Waals surface area contributed by atoms with Crippen molar-refractivity contribution in [1.82, 2.24) is 4.72 Å². The molecule has 0 spiro atoms. The molecule has 1 aromatic rings. The monoisotopic (exact) mass is 315 g/mol. The van der Waals surface area contributed by atoms with Crippen LogP contribution in [0.25, 0.3) is 0 Å². The zero-order valence-electron chi connectivity index (χ0n) is 13.0. The Balaban J connectivity index is 2.56. The lowest BCUT2D eigenvalue weighted by Crippen LogP contribution is -2.23. The molecule has 1 rings (SSSR count). The average Bonchev–Trinajstić information content (AvgIpc) is 2.28. The minimum absolute atomic E-state index is 0.154. The maximum Gasteiger partial charge on any atom is 0.208 e. The quantitative estimate of drug-likeness (QED) is 0.647. The Morgan fingerprint density at radius 2 is 1.90 bits per heavy atom. The SMILES string of the molecule is Cc1ccc(C(C)(C)C)cc1SCCCNS(C)(=O)=O. The summed E-state index contributed by atoms with van der Waals surface area (Å²) < 4.78 is 24.4. The summed E-state index contributed by atoms with van der Waals surface area (Å²) in [6.45, 7) is 9.25. The second-order valence-electron chi connectivity index (χ2n) is 6.10. The molecule has 0 atom stereocenters. The van der Waals surface area contributed by atoms with Crippen LogP contribution in [-0.2, 0) is 15.4 Å². The van der Waals surface area contributed by atoms with E-state index in [1.165, 1.54) is 22.3 Å².